The Morgan fingerprint density at radius 3 is 2.21 bits per heavy atom. The van der Waals surface area contributed by atoms with E-state index in [9.17, 15) is 0 Å². The van der Waals surface area contributed by atoms with Crippen LogP contribution in [-0.2, 0) is 0 Å². The maximum absolute atomic E-state index is 8.43. The second-order valence-electron chi connectivity index (χ2n) is 4.74. The topological polar surface area (TPSA) is 36.3 Å². The fourth-order valence-corrected chi connectivity index (χ4v) is 2.04. The van der Waals surface area contributed by atoms with Crippen molar-refractivity contribution in [3.05, 3.63) is 29.8 Å². The molecule has 0 saturated carbocycles. The van der Waals surface area contributed by atoms with Crippen LogP contribution < -0.4 is 4.74 Å². The van der Waals surface area contributed by atoms with Gasteiger partial charge >= 0.3 is 0 Å². The molecule has 1 aromatic rings. The highest BCUT2D eigenvalue weighted by atomic mass is 16.5. The Balaban J connectivity index is 2.84. The normalized spacial score (nSPS) is 10.3. The number of nitrogens with zero attached hydrogens (tertiary/aromatic N) is 1. The summed E-state index contributed by atoms with van der Waals surface area (Å²) in [5, 5.41) is 8.43. The van der Waals surface area contributed by atoms with Crippen LogP contribution in [0.2, 0.25) is 0 Å². The summed E-state index contributed by atoms with van der Waals surface area (Å²) < 4.78 is 5.36. The first-order chi connectivity index (χ1) is 9.24. The number of rotatable bonds is 8. The second-order valence-corrected chi connectivity index (χ2v) is 4.74. The van der Waals surface area contributed by atoms with E-state index in [-0.39, 0.29) is 0 Å². The molecule has 1 aromatic carbocycles. The fraction of sp³-hybridized carbons (Fsp3) is 0.562. The Hall–Kier alpha value is -1.51. The number of unbranched alkanes of at least 4 members (excludes halogenated alkanes) is 2. The number of benzene rings is 1. The predicted octanol–water partition coefficient (Wildman–Crippen LogP) is 3.92. The van der Waals surface area contributed by atoms with Crippen molar-refractivity contribution in [1.82, 2.24) is 4.90 Å². The molecule has 0 aliphatic rings. The largest absolute Gasteiger partial charge is 0.496 e. The molecule has 0 aromatic heterocycles. The van der Waals surface area contributed by atoms with Crippen LogP contribution >= 0.6 is 0 Å². The highest BCUT2D eigenvalue weighted by Crippen LogP contribution is 2.19. The van der Waals surface area contributed by atoms with Gasteiger partial charge in [0, 0.05) is 13.1 Å². The molecular weight excluding hydrogens is 236 g/mol. The van der Waals surface area contributed by atoms with Gasteiger partial charge in [0.05, 0.1) is 12.7 Å². The van der Waals surface area contributed by atoms with E-state index in [1.165, 1.54) is 0 Å². The molecule has 0 unspecified atom stereocenters. The lowest BCUT2D eigenvalue weighted by atomic mass is 10.1. The number of nitrogens with one attached hydrogen (secondary N) is 1. The molecule has 0 aliphatic heterocycles. The standard InChI is InChI=1S/C16H26N2O/c1-4-6-12-18(13-7-5-2)16(17)14-10-8-9-11-15(14)19-3/h8-11,17H,4-7,12-13H2,1-3H3. The fourth-order valence-electron chi connectivity index (χ4n) is 2.04. The number of ether oxygens (including phenoxy) is 1. The van der Waals surface area contributed by atoms with Crippen LogP contribution in [0.25, 0.3) is 0 Å². The molecule has 0 heterocycles. The molecule has 0 spiro atoms. The van der Waals surface area contributed by atoms with Gasteiger partial charge in [0.2, 0.25) is 0 Å². The van der Waals surface area contributed by atoms with Gasteiger partial charge in [-0.15, -0.1) is 0 Å². The maximum atomic E-state index is 8.43. The zero-order chi connectivity index (χ0) is 14.1. The molecule has 0 saturated heterocycles. The summed E-state index contributed by atoms with van der Waals surface area (Å²) in [6, 6.07) is 7.79. The van der Waals surface area contributed by atoms with Gasteiger partial charge in [-0.1, -0.05) is 38.8 Å². The van der Waals surface area contributed by atoms with Crippen LogP contribution in [0.1, 0.15) is 45.1 Å². The Morgan fingerprint density at radius 2 is 1.68 bits per heavy atom. The van der Waals surface area contributed by atoms with Crippen molar-refractivity contribution >= 4 is 5.84 Å². The average Bonchev–Trinajstić information content (AvgIpc) is 2.46. The zero-order valence-corrected chi connectivity index (χ0v) is 12.4. The van der Waals surface area contributed by atoms with E-state index in [2.05, 4.69) is 18.7 Å². The highest BCUT2D eigenvalue weighted by molar-refractivity contribution is 5.98. The van der Waals surface area contributed by atoms with Crippen molar-refractivity contribution in [2.75, 3.05) is 20.2 Å². The summed E-state index contributed by atoms with van der Waals surface area (Å²) in [6.45, 7) is 6.27. The van der Waals surface area contributed by atoms with Crippen LogP contribution in [0.3, 0.4) is 0 Å². The van der Waals surface area contributed by atoms with Crippen LogP contribution in [0.15, 0.2) is 24.3 Å². The van der Waals surface area contributed by atoms with Gasteiger partial charge in [-0.25, -0.2) is 0 Å². The quantitative estimate of drug-likeness (QED) is 0.569. The molecule has 0 fully saturated rings. The van der Waals surface area contributed by atoms with E-state index in [0.717, 1.165) is 50.1 Å². The minimum atomic E-state index is 0.583. The zero-order valence-electron chi connectivity index (χ0n) is 12.4. The lowest BCUT2D eigenvalue weighted by molar-refractivity contribution is 0.389. The number of hydrogen-bond donors (Lipinski definition) is 1. The summed E-state index contributed by atoms with van der Waals surface area (Å²) in [5.74, 6) is 1.37. The molecule has 1 rings (SSSR count). The lowest BCUT2D eigenvalue weighted by Gasteiger charge is -2.26. The van der Waals surface area contributed by atoms with Crippen LogP contribution in [-0.4, -0.2) is 30.9 Å². The first kappa shape index (κ1) is 15.5. The molecular formula is C16H26N2O. The third-order valence-corrected chi connectivity index (χ3v) is 3.24. The van der Waals surface area contributed by atoms with Gasteiger partial charge in [0.25, 0.3) is 0 Å². The molecule has 0 bridgehead atoms. The summed E-state index contributed by atoms with van der Waals surface area (Å²) in [6.07, 6.45) is 4.56. The Kier molecular flexibility index (Phi) is 7.01. The van der Waals surface area contributed by atoms with Crippen molar-refractivity contribution in [3.63, 3.8) is 0 Å². The Bertz CT molecular complexity index is 382. The van der Waals surface area contributed by atoms with Gasteiger partial charge in [-0.05, 0) is 25.0 Å². The van der Waals surface area contributed by atoms with Crippen LogP contribution in [0, 0.1) is 5.41 Å². The van der Waals surface area contributed by atoms with E-state index in [1.54, 1.807) is 7.11 Å². The van der Waals surface area contributed by atoms with E-state index >= 15 is 0 Å². The van der Waals surface area contributed by atoms with E-state index in [4.69, 9.17) is 10.1 Å². The number of amidine groups is 1. The lowest BCUT2D eigenvalue weighted by Crippen LogP contribution is -2.33. The van der Waals surface area contributed by atoms with Crippen molar-refractivity contribution in [3.8, 4) is 5.75 Å². The second kappa shape index (κ2) is 8.57. The van der Waals surface area contributed by atoms with Gasteiger partial charge in [0.1, 0.15) is 11.6 Å². The van der Waals surface area contributed by atoms with Gasteiger partial charge in [0.15, 0.2) is 0 Å². The van der Waals surface area contributed by atoms with Crippen molar-refractivity contribution in [1.29, 1.82) is 5.41 Å². The maximum Gasteiger partial charge on any atom is 0.131 e. The van der Waals surface area contributed by atoms with Crippen molar-refractivity contribution in [2.45, 2.75) is 39.5 Å². The number of para-hydroxylation sites is 1. The first-order valence-electron chi connectivity index (χ1n) is 7.21. The molecule has 0 aliphatic carbocycles. The molecule has 0 radical (unpaired) electrons. The van der Waals surface area contributed by atoms with Crippen LogP contribution in [0.5, 0.6) is 5.75 Å². The van der Waals surface area contributed by atoms with Crippen molar-refractivity contribution < 1.29 is 4.74 Å². The van der Waals surface area contributed by atoms with E-state index in [0.29, 0.717) is 5.84 Å². The predicted molar refractivity (Wildman–Crippen MR) is 81.2 cm³/mol. The summed E-state index contributed by atoms with van der Waals surface area (Å²) in [4.78, 5) is 2.17. The highest BCUT2D eigenvalue weighted by Gasteiger charge is 2.14. The Morgan fingerprint density at radius 1 is 1.11 bits per heavy atom. The summed E-state index contributed by atoms with van der Waals surface area (Å²) in [5.41, 5.74) is 0.886. The molecule has 19 heavy (non-hydrogen) atoms. The summed E-state index contributed by atoms with van der Waals surface area (Å²) in [7, 11) is 1.66. The third kappa shape index (κ3) is 4.58. The van der Waals surface area contributed by atoms with E-state index < -0.39 is 0 Å². The summed E-state index contributed by atoms with van der Waals surface area (Å²) >= 11 is 0. The molecule has 106 valence electrons. The Labute approximate surface area is 117 Å². The molecule has 3 heteroatoms. The molecule has 0 atom stereocenters. The molecule has 1 N–H and O–H groups in total. The SMILES string of the molecule is CCCCN(CCCC)C(=N)c1ccccc1OC. The monoisotopic (exact) mass is 262 g/mol. The smallest absolute Gasteiger partial charge is 0.131 e. The van der Waals surface area contributed by atoms with Gasteiger partial charge < -0.3 is 9.64 Å². The minimum absolute atomic E-state index is 0.583. The first-order valence-corrected chi connectivity index (χ1v) is 7.21. The minimum Gasteiger partial charge on any atom is -0.496 e. The molecule has 0 amide bonds. The van der Waals surface area contributed by atoms with Crippen molar-refractivity contribution in [2.24, 2.45) is 0 Å². The third-order valence-electron chi connectivity index (χ3n) is 3.24. The number of methoxy groups -OCH3 is 1. The van der Waals surface area contributed by atoms with E-state index in [1.807, 2.05) is 24.3 Å². The average molecular weight is 262 g/mol. The van der Waals surface area contributed by atoms with Crippen LogP contribution in [0.4, 0.5) is 0 Å². The van der Waals surface area contributed by atoms with Gasteiger partial charge in [-0.3, -0.25) is 5.41 Å². The molecule has 3 nitrogen and oxygen atoms in total. The number of hydrogen-bond acceptors (Lipinski definition) is 2. The van der Waals surface area contributed by atoms with Gasteiger partial charge in [-0.2, -0.15) is 0 Å².